The van der Waals surface area contributed by atoms with E-state index >= 15 is 0 Å². The second-order valence-corrected chi connectivity index (χ2v) is 4.28. The molecule has 5 heteroatoms. The van der Waals surface area contributed by atoms with Crippen LogP contribution in [-0.2, 0) is 4.74 Å². The summed E-state index contributed by atoms with van der Waals surface area (Å²) >= 11 is 0. The summed E-state index contributed by atoms with van der Waals surface area (Å²) in [6, 6.07) is 0.00792. The Morgan fingerprint density at radius 2 is 1.95 bits per heavy atom. The van der Waals surface area contributed by atoms with Crippen molar-refractivity contribution in [1.82, 2.24) is 15.3 Å². The zero-order valence-corrected chi connectivity index (χ0v) is 12.3. The second kappa shape index (κ2) is 8.82. The van der Waals surface area contributed by atoms with E-state index < -0.39 is 0 Å². The number of rotatable bonds is 9. The molecule has 0 fully saturated rings. The minimum absolute atomic E-state index is 0.00792. The standard InChI is InChI=1S/C14H25N3O2/c1-5-8-15-12(11(6-2)19-7-3)13-14(18-4)17-10-9-16-13/h9-12,15H,5-8H2,1-4H3. The smallest absolute Gasteiger partial charge is 0.237 e. The fraction of sp³-hybridized carbons (Fsp3) is 0.714. The molecule has 0 saturated carbocycles. The van der Waals surface area contributed by atoms with E-state index in [0.717, 1.165) is 25.1 Å². The molecule has 0 aromatic carbocycles. The van der Waals surface area contributed by atoms with Crippen LogP contribution in [0.3, 0.4) is 0 Å². The van der Waals surface area contributed by atoms with Crippen molar-refractivity contribution >= 4 is 0 Å². The molecule has 1 aromatic rings. The normalized spacial score (nSPS) is 14.1. The molecule has 0 bridgehead atoms. The molecule has 1 rings (SSSR count). The summed E-state index contributed by atoms with van der Waals surface area (Å²) in [6.45, 7) is 7.86. The van der Waals surface area contributed by atoms with Crippen molar-refractivity contribution < 1.29 is 9.47 Å². The highest BCUT2D eigenvalue weighted by atomic mass is 16.5. The molecule has 0 saturated heterocycles. The molecule has 0 aliphatic carbocycles. The predicted molar refractivity (Wildman–Crippen MR) is 75.3 cm³/mol. The molecule has 1 N–H and O–H groups in total. The Bertz CT molecular complexity index is 360. The maximum absolute atomic E-state index is 5.82. The van der Waals surface area contributed by atoms with Gasteiger partial charge in [0.2, 0.25) is 5.88 Å². The monoisotopic (exact) mass is 267 g/mol. The summed E-state index contributed by atoms with van der Waals surface area (Å²) in [6.07, 6.45) is 5.37. The Hall–Kier alpha value is -1.20. The maximum Gasteiger partial charge on any atom is 0.237 e. The molecule has 2 unspecified atom stereocenters. The number of methoxy groups -OCH3 is 1. The highest BCUT2D eigenvalue weighted by Gasteiger charge is 2.26. The van der Waals surface area contributed by atoms with E-state index in [1.165, 1.54) is 0 Å². The first-order valence-corrected chi connectivity index (χ1v) is 6.98. The van der Waals surface area contributed by atoms with E-state index in [1.54, 1.807) is 19.5 Å². The van der Waals surface area contributed by atoms with Gasteiger partial charge < -0.3 is 14.8 Å². The van der Waals surface area contributed by atoms with Gasteiger partial charge in [0.25, 0.3) is 0 Å². The van der Waals surface area contributed by atoms with Gasteiger partial charge in [0.15, 0.2) is 0 Å². The van der Waals surface area contributed by atoms with Crippen molar-refractivity contribution in [3.05, 3.63) is 18.1 Å². The molecule has 0 aliphatic heterocycles. The van der Waals surface area contributed by atoms with Gasteiger partial charge in [0.05, 0.1) is 19.3 Å². The molecule has 0 spiro atoms. The number of nitrogens with one attached hydrogen (secondary N) is 1. The van der Waals surface area contributed by atoms with Crippen molar-refractivity contribution in [3.63, 3.8) is 0 Å². The largest absolute Gasteiger partial charge is 0.480 e. The van der Waals surface area contributed by atoms with E-state index in [4.69, 9.17) is 9.47 Å². The third-order valence-corrected chi connectivity index (χ3v) is 2.95. The van der Waals surface area contributed by atoms with Crippen LogP contribution in [0.15, 0.2) is 12.4 Å². The number of hydrogen-bond donors (Lipinski definition) is 1. The molecule has 108 valence electrons. The number of hydrogen-bond acceptors (Lipinski definition) is 5. The number of ether oxygens (including phenoxy) is 2. The summed E-state index contributed by atoms with van der Waals surface area (Å²) in [5.41, 5.74) is 0.818. The first-order chi connectivity index (χ1) is 9.28. The van der Waals surface area contributed by atoms with Gasteiger partial charge in [-0.15, -0.1) is 0 Å². The van der Waals surface area contributed by atoms with E-state index in [2.05, 4.69) is 29.1 Å². The fourth-order valence-corrected chi connectivity index (χ4v) is 2.07. The van der Waals surface area contributed by atoms with Crippen LogP contribution in [-0.4, -0.2) is 36.3 Å². The molecular weight excluding hydrogens is 242 g/mol. The summed E-state index contributed by atoms with van der Waals surface area (Å²) in [7, 11) is 1.62. The quantitative estimate of drug-likeness (QED) is 0.744. The van der Waals surface area contributed by atoms with E-state index in [0.29, 0.717) is 12.5 Å². The first-order valence-electron chi connectivity index (χ1n) is 6.98. The van der Waals surface area contributed by atoms with Gasteiger partial charge in [0, 0.05) is 19.0 Å². The third-order valence-electron chi connectivity index (χ3n) is 2.95. The molecule has 0 aliphatic rings. The topological polar surface area (TPSA) is 56.3 Å². The lowest BCUT2D eigenvalue weighted by Gasteiger charge is -2.27. The fourth-order valence-electron chi connectivity index (χ4n) is 2.07. The van der Waals surface area contributed by atoms with Gasteiger partial charge in [-0.2, -0.15) is 0 Å². The van der Waals surface area contributed by atoms with Crippen LogP contribution in [0, 0.1) is 0 Å². The second-order valence-electron chi connectivity index (χ2n) is 4.28. The van der Waals surface area contributed by atoms with Crippen LogP contribution in [0.25, 0.3) is 0 Å². The molecule has 2 atom stereocenters. The van der Waals surface area contributed by atoms with Crippen LogP contribution < -0.4 is 10.1 Å². The predicted octanol–water partition coefficient (Wildman–Crippen LogP) is 2.34. The van der Waals surface area contributed by atoms with E-state index in [1.807, 2.05) is 6.92 Å². The van der Waals surface area contributed by atoms with Crippen LogP contribution in [0.1, 0.15) is 45.3 Å². The average Bonchev–Trinajstić information content (AvgIpc) is 2.46. The molecule has 1 aromatic heterocycles. The SMILES string of the molecule is CCCNC(c1nccnc1OC)C(CC)OCC. The Kier molecular flexibility index (Phi) is 7.36. The van der Waals surface area contributed by atoms with Gasteiger partial charge in [-0.05, 0) is 26.3 Å². The summed E-state index contributed by atoms with van der Waals surface area (Å²) in [5.74, 6) is 0.564. The zero-order valence-electron chi connectivity index (χ0n) is 12.3. The highest BCUT2D eigenvalue weighted by Crippen LogP contribution is 2.26. The highest BCUT2D eigenvalue weighted by molar-refractivity contribution is 5.22. The molecular formula is C14H25N3O2. The number of aromatic nitrogens is 2. The van der Waals surface area contributed by atoms with Gasteiger partial charge in [0.1, 0.15) is 5.69 Å². The zero-order chi connectivity index (χ0) is 14.1. The van der Waals surface area contributed by atoms with Crippen molar-refractivity contribution in [1.29, 1.82) is 0 Å². The number of nitrogens with zero attached hydrogens (tertiary/aromatic N) is 2. The molecule has 0 amide bonds. The lowest BCUT2D eigenvalue weighted by molar-refractivity contribution is 0.0295. The van der Waals surface area contributed by atoms with E-state index in [9.17, 15) is 0 Å². The first kappa shape index (κ1) is 15.9. The maximum atomic E-state index is 5.82. The van der Waals surface area contributed by atoms with Gasteiger partial charge in [-0.1, -0.05) is 13.8 Å². The Morgan fingerprint density at radius 1 is 1.21 bits per heavy atom. The lowest BCUT2D eigenvalue weighted by atomic mass is 10.0. The average molecular weight is 267 g/mol. The van der Waals surface area contributed by atoms with Gasteiger partial charge in [-0.25, -0.2) is 4.98 Å². The summed E-state index contributed by atoms with van der Waals surface area (Å²) < 4.78 is 11.1. The molecule has 1 heterocycles. The van der Waals surface area contributed by atoms with Crippen LogP contribution in [0.5, 0.6) is 5.88 Å². The van der Waals surface area contributed by atoms with Crippen LogP contribution in [0.2, 0.25) is 0 Å². The van der Waals surface area contributed by atoms with Crippen molar-refractivity contribution in [2.45, 2.75) is 45.8 Å². The summed E-state index contributed by atoms with van der Waals surface area (Å²) in [5, 5.41) is 3.49. The minimum atomic E-state index is 0.00792. The minimum Gasteiger partial charge on any atom is -0.480 e. The molecule has 0 radical (unpaired) electrons. The van der Waals surface area contributed by atoms with Crippen molar-refractivity contribution in [2.24, 2.45) is 0 Å². The lowest BCUT2D eigenvalue weighted by Crippen LogP contribution is -2.35. The van der Waals surface area contributed by atoms with E-state index in [-0.39, 0.29) is 12.1 Å². The van der Waals surface area contributed by atoms with Gasteiger partial charge in [-0.3, -0.25) is 4.98 Å². The summed E-state index contributed by atoms with van der Waals surface area (Å²) in [4.78, 5) is 8.65. The third kappa shape index (κ3) is 4.44. The van der Waals surface area contributed by atoms with Gasteiger partial charge >= 0.3 is 0 Å². The van der Waals surface area contributed by atoms with Crippen LogP contribution in [0.4, 0.5) is 0 Å². The Labute approximate surface area is 115 Å². The van der Waals surface area contributed by atoms with Crippen LogP contribution >= 0.6 is 0 Å². The Morgan fingerprint density at radius 3 is 2.53 bits per heavy atom. The molecule has 5 nitrogen and oxygen atoms in total. The van der Waals surface area contributed by atoms with Crippen molar-refractivity contribution in [3.8, 4) is 5.88 Å². The van der Waals surface area contributed by atoms with Crippen molar-refractivity contribution in [2.75, 3.05) is 20.3 Å². The Balaban J connectivity index is 2.99. The molecule has 19 heavy (non-hydrogen) atoms.